The minimum Gasteiger partial charge on any atom is -0.512 e. The second-order valence-corrected chi connectivity index (χ2v) is 8.83. The van der Waals surface area contributed by atoms with Gasteiger partial charge in [0, 0.05) is 34.2 Å². The van der Waals surface area contributed by atoms with Crippen LogP contribution in [0.4, 0.5) is 0 Å². The highest BCUT2D eigenvalue weighted by Gasteiger charge is 2.14. The summed E-state index contributed by atoms with van der Waals surface area (Å²) in [5, 5.41) is 10.4. The minimum absolute atomic E-state index is 0.382. The molecule has 5 aromatic rings. The molecule has 0 bridgehead atoms. The van der Waals surface area contributed by atoms with Gasteiger partial charge in [0.25, 0.3) is 0 Å². The van der Waals surface area contributed by atoms with E-state index in [2.05, 4.69) is 12.1 Å². The second kappa shape index (κ2) is 9.99. The van der Waals surface area contributed by atoms with Gasteiger partial charge in [-0.3, -0.25) is 0 Å². The van der Waals surface area contributed by atoms with Gasteiger partial charge in [0.2, 0.25) is 0 Å². The Hall–Kier alpha value is -4.90. The van der Waals surface area contributed by atoms with E-state index in [9.17, 15) is 5.11 Å². The average Bonchev–Trinajstić information content (AvgIpc) is 2.98. The van der Waals surface area contributed by atoms with E-state index < -0.39 is 0 Å². The van der Waals surface area contributed by atoms with Crippen molar-refractivity contribution in [1.82, 2.24) is 19.9 Å². The Morgan fingerprint density at radius 1 is 0.514 bits per heavy atom. The van der Waals surface area contributed by atoms with Crippen molar-refractivity contribution in [3.8, 4) is 45.4 Å². The van der Waals surface area contributed by atoms with Gasteiger partial charge < -0.3 is 5.11 Å². The zero-order chi connectivity index (χ0) is 25.0. The molecule has 0 saturated heterocycles. The summed E-state index contributed by atoms with van der Waals surface area (Å²) in [4.78, 5) is 19.3. The fourth-order valence-corrected chi connectivity index (χ4v) is 4.39. The van der Waals surface area contributed by atoms with Gasteiger partial charge >= 0.3 is 0 Å². The average molecular weight is 481 g/mol. The van der Waals surface area contributed by atoms with Gasteiger partial charge in [-0.25, -0.2) is 19.9 Å². The molecule has 0 unspecified atom stereocenters. The molecule has 3 aromatic carbocycles. The van der Waals surface area contributed by atoms with Crippen LogP contribution in [-0.4, -0.2) is 25.0 Å². The number of rotatable bonds is 5. The molecule has 1 aliphatic carbocycles. The molecule has 0 spiro atoms. The molecule has 37 heavy (non-hydrogen) atoms. The van der Waals surface area contributed by atoms with Crippen molar-refractivity contribution in [2.45, 2.75) is 12.8 Å². The molecule has 5 nitrogen and oxygen atoms in total. The van der Waals surface area contributed by atoms with E-state index in [4.69, 9.17) is 19.9 Å². The van der Waals surface area contributed by atoms with Gasteiger partial charge in [-0.05, 0) is 24.6 Å². The summed E-state index contributed by atoms with van der Waals surface area (Å²) in [6, 6.07) is 33.8. The maximum absolute atomic E-state index is 10.4. The second-order valence-electron chi connectivity index (χ2n) is 8.83. The highest BCUT2D eigenvalue weighted by atomic mass is 16.3. The van der Waals surface area contributed by atoms with Gasteiger partial charge in [0.15, 0.2) is 17.5 Å². The van der Waals surface area contributed by atoms with Crippen LogP contribution in [0.1, 0.15) is 18.5 Å². The van der Waals surface area contributed by atoms with E-state index in [1.165, 1.54) is 0 Å². The van der Waals surface area contributed by atoms with E-state index in [1.807, 2.05) is 103 Å². The van der Waals surface area contributed by atoms with Gasteiger partial charge in [0.05, 0.1) is 11.4 Å². The van der Waals surface area contributed by atoms with Crippen molar-refractivity contribution < 1.29 is 5.11 Å². The summed E-state index contributed by atoms with van der Waals surface area (Å²) >= 11 is 0. The zero-order valence-corrected chi connectivity index (χ0v) is 20.1. The maximum Gasteiger partial charge on any atom is 0.164 e. The SMILES string of the molecule is OC1=C(c2cccc(-c3cccc(-c4nc(-c5ccccc5)nc(-c5ccccc5)n4)c3)n2)C=CCC1. The molecule has 0 fully saturated rings. The van der Waals surface area contributed by atoms with E-state index in [1.54, 1.807) is 0 Å². The Morgan fingerprint density at radius 3 is 1.70 bits per heavy atom. The van der Waals surface area contributed by atoms with Crippen LogP contribution < -0.4 is 0 Å². The summed E-state index contributed by atoms with van der Waals surface area (Å²) in [6.45, 7) is 0. The van der Waals surface area contributed by atoms with Gasteiger partial charge in [0.1, 0.15) is 5.76 Å². The molecule has 1 N–H and O–H groups in total. The van der Waals surface area contributed by atoms with E-state index in [-0.39, 0.29) is 0 Å². The molecule has 0 aliphatic heterocycles. The summed E-state index contributed by atoms with van der Waals surface area (Å²) in [5.74, 6) is 2.23. The van der Waals surface area contributed by atoms with Crippen molar-refractivity contribution in [1.29, 1.82) is 0 Å². The number of aliphatic hydroxyl groups is 1. The molecule has 5 heteroatoms. The van der Waals surface area contributed by atoms with Crippen molar-refractivity contribution in [3.63, 3.8) is 0 Å². The van der Waals surface area contributed by atoms with E-state index in [0.717, 1.165) is 45.6 Å². The Kier molecular flexibility index (Phi) is 6.09. The minimum atomic E-state index is 0.382. The van der Waals surface area contributed by atoms with Crippen LogP contribution in [-0.2, 0) is 0 Å². The highest BCUT2D eigenvalue weighted by molar-refractivity contribution is 5.77. The molecular formula is C32H24N4O. The Morgan fingerprint density at radius 2 is 1.05 bits per heavy atom. The first-order valence-electron chi connectivity index (χ1n) is 12.3. The molecule has 0 radical (unpaired) electrons. The summed E-state index contributed by atoms with van der Waals surface area (Å²) in [5.41, 5.74) is 6.04. The highest BCUT2D eigenvalue weighted by Crippen LogP contribution is 2.30. The monoisotopic (exact) mass is 480 g/mol. The number of pyridine rings is 1. The largest absolute Gasteiger partial charge is 0.512 e. The van der Waals surface area contributed by atoms with Gasteiger partial charge in [-0.15, -0.1) is 0 Å². The molecule has 6 rings (SSSR count). The standard InChI is InChI=1S/C32H24N4O/c37-29-20-8-7-17-26(29)28-19-10-18-27(33-28)24-15-9-16-25(21-24)32-35-30(22-11-3-1-4-12-22)34-31(36-32)23-13-5-2-6-14-23/h1-7,9-19,21,37H,8,20H2. The number of aromatic nitrogens is 4. The lowest BCUT2D eigenvalue weighted by Crippen LogP contribution is -2.00. The van der Waals surface area contributed by atoms with Crippen LogP contribution in [0.3, 0.4) is 0 Å². The molecule has 0 saturated carbocycles. The fourth-order valence-electron chi connectivity index (χ4n) is 4.39. The topological polar surface area (TPSA) is 71.8 Å². The number of allylic oxidation sites excluding steroid dienone is 4. The molecule has 0 atom stereocenters. The molecule has 1 aliphatic rings. The third kappa shape index (κ3) is 4.80. The molecule has 2 heterocycles. The number of benzene rings is 3. The maximum atomic E-state index is 10.4. The third-order valence-electron chi connectivity index (χ3n) is 6.28. The van der Waals surface area contributed by atoms with Gasteiger partial charge in [-0.1, -0.05) is 97.1 Å². The molecule has 178 valence electrons. The van der Waals surface area contributed by atoms with Gasteiger partial charge in [-0.2, -0.15) is 0 Å². The predicted octanol–water partition coefficient (Wildman–Crippen LogP) is 7.55. The lowest BCUT2D eigenvalue weighted by atomic mass is 10.0. The summed E-state index contributed by atoms with van der Waals surface area (Å²) < 4.78 is 0. The van der Waals surface area contributed by atoms with Crippen molar-refractivity contribution in [2.75, 3.05) is 0 Å². The first-order valence-corrected chi connectivity index (χ1v) is 12.3. The molecular weight excluding hydrogens is 456 g/mol. The molecule has 0 amide bonds. The lowest BCUT2D eigenvalue weighted by Gasteiger charge is -2.12. The molecule has 2 aromatic heterocycles. The lowest BCUT2D eigenvalue weighted by molar-refractivity contribution is 0.391. The first-order chi connectivity index (χ1) is 18.2. The van der Waals surface area contributed by atoms with E-state index in [0.29, 0.717) is 29.7 Å². The van der Waals surface area contributed by atoms with Crippen molar-refractivity contribution in [3.05, 3.63) is 127 Å². The van der Waals surface area contributed by atoms with E-state index >= 15 is 0 Å². The first kappa shape index (κ1) is 22.6. The summed E-state index contributed by atoms with van der Waals surface area (Å²) in [7, 11) is 0. The van der Waals surface area contributed by atoms with Crippen LogP contribution in [0.25, 0.3) is 51.0 Å². The number of aliphatic hydroxyl groups excluding tert-OH is 1. The number of nitrogens with zero attached hydrogens (tertiary/aromatic N) is 4. The quantitative estimate of drug-likeness (QED) is 0.281. The van der Waals surface area contributed by atoms with Crippen molar-refractivity contribution in [2.24, 2.45) is 0 Å². The Bertz CT molecular complexity index is 1570. The summed E-state index contributed by atoms with van der Waals surface area (Å²) in [6.07, 6.45) is 5.50. The normalized spacial score (nSPS) is 13.1. The third-order valence-corrected chi connectivity index (χ3v) is 6.28. The van der Waals surface area contributed by atoms with Crippen LogP contribution in [0.15, 0.2) is 121 Å². The Labute approximate surface area is 215 Å². The van der Waals surface area contributed by atoms with Crippen LogP contribution in [0.2, 0.25) is 0 Å². The number of hydrogen-bond donors (Lipinski definition) is 1. The number of hydrogen-bond acceptors (Lipinski definition) is 5. The van der Waals surface area contributed by atoms with Crippen molar-refractivity contribution >= 4 is 5.57 Å². The van der Waals surface area contributed by atoms with Crippen LogP contribution in [0, 0.1) is 0 Å². The fraction of sp³-hybridized carbons (Fsp3) is 0.0625. The smallest absolute Gasteiger partial charge is 0.164 e. The zero-order valence-electron chi connectivity index (χ0n) is 20.1. The van der Waals surface area contributed by atoms with Crippen LogP contribution >= 0.6 is 0 Å². The van der Waals surface area contributed by atoms with Crippen LogP contribution in [0.5, 0.6) is 0 Å². The Balaban J connectivity index is 1.44. The predicted molar refractivity (Wildman–Crippen MR) is 147 cm³/mol.